The van der Waals surface area contributed by atoms with Gasteiger partial charge in [-0.2, -0.15) is 11.8 Å². The molecule has 0 radical (unpaired) electrons. The van der Waals surface area contributed by atoms with Crippen LogP contribution >= 0.6 is 11.8 Å². The highest BCUT2D eigenvalue weighted by Gasteiger charge is 2.14. The number of thioether (sulfide) groups is 1. The minimum atomic E-state index is 0.832. The number of nitrogens with one attached hydrogen (secondary N) is 1. The summed E-state index contributed by atoms with van der Waals surface area (Å²) in [4.78, 5) is 0. The van der Waals surface area contributed by atoms with Gasteiger partial charge in [-0.1, -0.05) is 0 Å². The number of aryl methyl sites for hydroxylation is 2. The molecule has 1 aromatic rings. The molecule has 1 aromatic heterocycles. The molecule has 0 aromatic carbocycles. The second-order valence-corrected chi connectivity index (χ2v) is 5.61. The summed E-state index contributed by atoms with van der Waals surface area (Å²) in [6, 6.07) is 2.13. The van der Waals surface area contributed by atoms with E-state index in [4.69, 9.17) is 4.42 Å². The second-order valence-electron chi connectivity index (χ2n) is 4.20. The van der Waals surface area contributed by atoms with Crippen LogP contribution < -0.4 is 5.32 Å². The van der Waals surface area contributed by atoms with Gasteiger partial charge in [-0.05, 0) is 38.5 Å². The van der Waals surface area contributed by atoms with Crippen LogP contribution in [-0.4, -0.2) is 17.5 Å². The van der Waals surface area contributed by atoms with Crippen LogP contribution in [0.25, 0.3) is 0 Å². The van der Waals surface area contributed by atoms with Gasteiger partial charge in [0.25, 0.3) is 0 Å². The smallest absolute Gasteiger partial charge is 0.105 e. The van der Waals surface area contributed by atoms with Gasteiger partial charge in [0.2, 0.25) is 0 Å². The minimum absolute atomic E-state index is 0.832. The van der Waals surface area contributed by atoms with Crippen molar-refractivity contribution >= 4 is 11.8 Å². The Morgan fingerprint density at radius 2 is 2.40 bits per heavy atom. The van der Waals surface area contributed by atoms with E-state index in [9.17, 15) is 0 Å². The highest BCUT2D eigenvalue weighted by Crippen LogP contribution is 2.25. The highest BCUT2D eigenvalue weighted by atomic mass is 32.2. The van der Waals surface area contributed by atoms with Gasteiger partial charge in [-0.3, -0.25) is 0 Å². The van der Waals surface area contributed by atoms with Crippen LogP contribution in [0, 0.1) is 13.8 Å². The zero-order valence-corrected chi connectivity index (χ0v) is 10.3. The topological polar surface area (TPSA) is 25.2 Å². The summed E-state index contributed by atoms with van der Waals surface area (Å²) >= 11 is 2.10. The first-order valence-corrected chi connectivity index (χ1v) is 6.69. The van der Waals surface area contributed by atoms with E-state index < -0.39 is 0 Å². The van der Waals surface area contributed by atoms with E-state index >= 15 is 0 Å². The predicted octanol–water partition coefficient (Wildman–Crippen LogP) is 2.88. The van der Waals surface area contributed by atoms with E-state index in [0.717, 1.165) is 29.9 Å². The van der Waals surface area contributed by atoms with E-state index in [0.29, 0.717) is 0 Å². The Labute approximate surface area is 95.8 Å². The van der Waals surface area contributed by atoms with Crippen molar-refractivity contribution in [2.75, 3.05) is 12.3 Å². The van der Waals surface area contributed by atoms with Gasteiger partial charge < -0.3 is 9.73 Å². The Kier molecular flexibility index (Phi) is 3.76. The van der Waals surface area contributed by atoms with Crippen molar-refractivity contribution < 1.29 is 4.42 Å². The van der Waals surface area contributed by atoms with E-state index in [-0.39, 0.29) is 0 Å². The molecule has 1 unspecified atom stereocenters. The Morgan fingerprint density at radius 1 is 1.53 bits per heavy atom. The van der Waals surface area contributed by atoms with E-state index in [1.165, 1.54) is 24.2 Å². The van der Waals surface area contributed by atoms with Crippen LogP contribution in [0.15, 0.2) is 10.5 Å². The fourth-order valence-electron chi connectivity index (χ4n) is 2.03. The van der Waals surface area contributed by atoms with Gasteiger partial charge in [-0.25, -0.2) is 0 Å². The predicted molar refractivity (Wildman–Crippen MR) is 65.4 cm³/mol. The molecule has 2 rings (SSSR count). The molecule has 1 aliphatic rings. The molecule has 15 heavy (non-hydrogen) atoms. The molecular formula is C12H19NOS. The van der Waals surface area contributed by atoms with Gasteiger partial charge in [0.05, 0.1) is 0 Å². The van der Waals surface area contributed by atoms with E-state index in [2.05, 4.69) is 23.1 Å². The maximum atomic E-state index is 5.49. The van der Waals surface area contributed by atoms with Gasteiger partial charge >= 0.3 is 0 Å². The molecule has 3 heteroatoms. The summed E-state index contributed by atoms with van der Waals surface area (Å²) < 4.78 is 5.49. The van der Waals surface area contributed by atoms with Crippen LogP contribution in [0.3, 0.4) is 0 Å². The van der Waals surface area contributed by atoms with E-state index in [1.807, 2.05) is 13.8 Å². The normalized spacial score (nSPS) is 21.1. The molecule has 84 valence electrons. The van der Waals surface area contributed by atoms with Crippen molar-refractivity contribution in [2.45, 2.75) is 38.5 Å². The molecule has 0 aliphatic carbocycles. The summed E-state index contributed by atoms with van der Waals surface area (Å²) in [5.74, 6) is 3.41. The lowest BCUT2D eigenvalue weighted by Gasteiger charge is -2.09. The fourth-order valence-corrected chi connectivity index (χ4v) is 3.27. The van der Waals surface area contributed by atoms with Crippen LogP contribution in [-0.2, 0) is 6.54 Å². The summed E-state index contributed by atoms with van der Waals surface area (Å²) in [5, 5.41) is 4.35. The van der Waals surface area contributed by atoms with Gasteiger partial charge in [-0.15, -0.1) is 0 Å². The van der Waals surface area contributed by atoms with Gasteiger partial charge in [0, 0.05) is 23.9 Å². The SMILES string of the molecule is Cc1cc(CNCC2CCCS2)c(C)o1. The quantitative estimate of drug-likeness (QED) is 0.853. The molecule has 1 fully saturated rings. The molecule has 0 saturated carbocycles. The molecule has 1 aliphatic heterocycles. The summed E-state index contributed by atoms with van der Waals surface area (Å²) in [6.07, 6.45) is 2.77. The third kappa shape index (κ3) is 3.02. The second kappa shape index (κ2) is 5.08. The lowest BCUT2D eigenvalue weighted by atomic mass is 10.2. The molecule has 1 atom stereocenters. The summed E-state index contributed by atoms with van der Waals surface area (Å²) in [5.41, 5.74) is 1.30. The fraction of sp³-hybridized carbons (Fsp3) is 0.667. The third-order valence-corrected chi connectivity index (χ3v) is 4.25. The van der Waals surface area contributed by atoms with Crippen molar-refractivity contribution in [3.8, 4) is 0 Å². The number of hydrogen-bond donors (Lipinski definition) is 1. The zero-order chi connectivity index (χ0) is 10.7. The standard InChI is InChI=1S/C12H19NOS/c1-9-6-11(10(2)14-9)7-13-8-12-4-3-5-15-12/h6,12-13H,3-5,7-8H2,1-2H3. The number of furan rings is 1. The van der Waals surface area contributed by atoms with Crippen molar-refractivity contribution in [2.24, 2.45) is 0 Å². The molecule has 1 N–H and O–H groups in total. The largest absolute Gasteiger partial charge is 0.466 e. The van der Waals surface area contributed by atoms with Crippen molar-refractivity contribution in [1.29, 1.82) is 0 Å². The Bertz CT molecular complexity index is 315. The van der Waals surface area contributed by atoms with Crippen LogP contribution in [0.4, 0.5) is 0 Å². The number of rotatable bonds is 4. The zero-order valence-electron chi connectivity index (χ0n) is 9.51. The Hall–Kier alpha value is -0.410. The lowest BCUT2D eigenvalue weighted by molar-refractivity contribution is 0.499. The average molecular weight is 225 g/mol. The maximum absolute atomic E-state index is 5.49. The summed E-state index contributed by atoms with van der Waals surface area (Å²) in [6.45, 7) is 6.12. The molecule has 0 bridgehead atoms. The molecule has 0 amide bonds. The number of hydrogen-bond acceptors (Lipinski definition) is 3. The molecule has 2 nitrogen and oxygen atoms in total. The highest BCUT2D eigenvalue weighted by molar-refractivity contribution is 8.00. The Balaban J connectivity index is 1.75. The minimum Gasteiger partial charge on any atom is -0.466 e. The molecule has 0 spiro atoms. The van der Waals surface area contributed by atoms with Crippen molar-refractivity contribution in [3.05, 3.63) is 23.2 Å². The molecule has 2 heterocycles. The third-order valence-electron chi connectivity index (χ3n) is 2.86. The van der Waals surface area contributed by atoms with Gasteiger partial charge in [0.1, 0.15) is 11.5 Å². The first-order valence-electron chi connectivity index (χ1n) is 5.64. The van der Waals surface area contributed by atoms with Crippen LogP contribution in [0.1, 0.15) is 29.9 Å². The first kappa shape index (κ1) is 11.1. The summed E-state index contributed by atoms with van der Waals surface area (Å²) in [7, 11) is 0. The Morgan fingerprint density at radius 3 is 3.00 bits per heavy atom. The molecule has 1 saturated heterocycles. The van der Waals surface area contributed by atoms with Crippen LogP contribution in [0.2, 0.25) is 0 Å². The molecular weight excluding hydrogens is 206 g/mol. The van der Waals surface area contributed by atoms with Gasteiger partial charge in [0.15, 0.2) is 0 Å². The maximum Gasteiger partial charge on any atom is 0.105 e. The van der Waals surface area contributed by atoms with Crippen molar-refractivity contribution in [3.63, 3.8) is 0 Å². The first-order chi connectivity index (χ1) is 7.25. The monoisotopic (exact) mass is 225 g/mol. The van der Waals surface area contributed by atoms with E-state index in [1.54, 1.807) is 0 Å². The lowest BCUT2D eigenvalue weighted by Crippen LogP contribution is -2.22. The average Bonchev–Trinajstić information content (AvgIpc) is 2.77. The van der Waals surface area contributed by atoms with Crippen molar-refractivity contribution in [1.82, 2.24) is 5.32 Å². The van der Waals surface area contributed by atoms with Crippen LogP contribution in [0.5, 0.6) is 0 Å².